The maximum atomic E-state index is 12.2. The summed E-state index contributed by atoms with van der Waals surface area (Å²) in [6, 6.07) is 0. The molecule has 0 bridgehead atoms. The van der Waals surface area contributed by atoms with Gasteiger partial charge in [-0.15, -0.1) is 0 Å². The van der Waals surface area contributed by atoms with E-state index in [1.807, 2.05) is 0 Å². The summed E-state index contributed by atoms with van der Waals surface area (Å²) >= 11 is 0. The van der Waals surface area contributed by atoms with Gasteiger partial charge in [-0.1, -0.05) is 0 Å². The highest BCUT2D eigenvalue weighted by Crippen LogP contribution is 2.05. The van der Waals surface area contributed by atoms with Crippen LogP contribution in [0.2, 0.25) is 0 Å². The molecular weight excluding hydrogens is 292 g/mol. The summed E-state index contributed by atoms with van der Waals surface area (Å²) in [5.41, 5.74) is -0.130. The third kappa shape index (κ3) is 3.30. The van der Waals surface area contributed by atoms with E-state index in [1.165, 1.54) is 17.2 Å². The van der Waals surface area contributed by atoms with E-state index >= 15 is 0 Å². The van der Waals surface area contributed by atoms with Gasteiger partial charge in [-0.25, -0.2) is 9.97 Å². The fourth-order valence-corrected chi connectivity index (χ4v) is 1.89. The monoisotopic (exact) mass is 308 g/mol. The lowest BCUT2D eigenvalue weighted by Gasteiger charge is -2.06. The van der Waals surface area contributed by atoms with E-state index in [2.05, 4.69) is 9.97 Å². The minimum absolute atomic E-state index is 0.0797. The Morgan fingerprint density at radius 3 is 2.14 bits per heavy atom. The summed E-state index contributed by atoms with van der Waals surface area (Å²) in [5, 5.41) is 0. The normalized spacial score (nSPS) is 10.6. The van der Waals surface area contributed by atoms with Gasteiger partial charge < -0.3 is 14.0 Å². The molecule has 0 atom stereocenters. The maximum Gasteiger partial charge on any atom is 0.326 e. The predicted molar refractivity (Wildman–Crippen MR) is 75.1 cm³/mol. The first kappa shape index (κ1) is 15.7. The van der Waals surface area contributed by atoms with E-state index in [0.717, 1.165) is 4.57 Å². The Bertz CT molecular complexity index is 748. The van der Waals surface area contributed by atoms with Gasteiger partial charge in [0.1, 0.15) is 19.4 Å². The fourth-order valence-electron chi connectivity index (χ4n) is 1.89. The average Bonchev–Trinajstić information content (AvgIpc) is 2.86. The summed E-state index contributed by atoms with van der Waals surface area (Å²) in [5.74, 6) is -0.976. The first-order valence-corrected chi connectivity index (χ1v) is 6.78. The van der Waals surface area contributed by atoms with Crippen LogP contribution < -0.4 is 5.56 Å². The molecule has 0 radical (unpaired) electrons. The first-order valence-electron chi connectivity index (χ1n) is 6.78. The summed E-state index contributed by atoms with van der Waals surface area (Å²) in [6.07, 6.45) is 2.57. The van der Waals surface area contributed by atoms with Gasteiger partial charge in [0, 0.05) is 0 Å². The molecule has 2 rings (SSSR count). The van der Waals surface area contributed by atoms with Gasteiger partial charge in [-0.2, -0.15) is 0 Å². The highest BCUT2D eigenvalue weighted by molar-refractivity contribution is 5.75. The van der Waals surface area contributed by atoms with Crippen molar-refractivity contribution in [2.45, 2.75) is 26.9 Å². The van der Waals surface area contributed by atoms with Crippen LogP contribution in [0, 0.1) is 0 Å². The van der Waals surface area contributed by atoms with E-state index in [-0.39, 0.29) is 37.5 Å². The Morgan fingerprint density at radius 1 is 1.00 bits per heavy atom. The number of carbonyl (C=O) groups excluding carboxylic acids is 2. The largest absolute Gasteiger partial charge is 0.465 e. The molecule has 0 N–H and O–H groups in total. The second-order valence-electron chi connectivity index (χ2n) is 4.33. The SMILES string of the molecule is CCOC(=O)Cn1cnc2c(ncn2CC(=O)OCC)c1=O. The van der Waals surface area contributed by atoms with Crippen molar-refractivity contribution in [3.8, 4) is 0 Å². The van der Waals surface area contributed by atoms with Crippen molar-refractivity contribution < 1.29 is 19.1 Å². The molecule has 2 aromatic heterocycles. The van der Waals surface area contributed by atoms with Gasteiger partial charge in [-0.3, -0.25) is 19.0 Å². The van der Waals surface area contributed by atoms with Crippen molar-refractivity contribution in [3.63, 3.8) is 0 Å². The lowest BCUT2D eigenvalue weighted by atomic mass is 10.5. The number of ether oxygens (including phenoxy) is 2. The van der Waals surface area contributed by atoms with E-state index in [0.29, 0.717) is 0 Å². The minimum Gasteiger partial charge on any atom is -0.465 e. The van der Waals surface area contributed by atoms with Crippen LogP contribution in [0.4, 0.5) is 0 Å². The molecule has 9 nitrogen and oxygen atoms in total. The van der Waals surface area contributed by atoms with Crippen molar-refractivity contribution in [1.82, 2.24) is 19.1 Å². The predicted octanol–water partition coefficient (Wildman–Crippen LogP) is -0.281. The van der Waals surface area contributed by atoms with Crippen molar-refractivity contribution in [2.75, 3.05) is 13.2 Å². The molecule has 9 heteroatoms. The number of imidazole rings is 1. The van der Waals surface area contributed by atoms with E-state index < -0.39 is 17.5 Å². The van der Waals surface area contributed by atoms with Gasteiger partial charge >= 0.3 is 11.9 Å². The number of hydrogen-bond donors (Lipinski definition) is 0. The molecule has 0 saturated carbocycles. The fraction of sp³-hybridized carbons (Fsp3) is 0.462. The van der Waals surface area contributed by atoms with Crippen molar-refractivity contribution in [1.29, 1.82) is 0 Å². The molecule has 118 valence electrons. The average molecular weight is 308 g/mol. The number of aromatic nitrogens is 4. The third-order valence-corrected chi connectivity index (χ3v) is 2.80. The van der Waals surface area contributed by atoms with Gasteiger partial charge in [0.25, 0.3) is 5.56 Å². The molecule has 0 saturated heterocycles. The Morgan fingerprint density at radius 2 is 1.55 bits per heavy atom. The van der Waals surface area contributed by atoms with Gasteiger partial charge in [0.2, 0.25) is 0 Å². The molecule has 2 heterocycles. The van der Waals surface area contributed by atoms with Crippen LogP contribution in [0.15, 0.2) is 17.4 Å². The molecule has 0 aliphatic rings. The zero-order chi connectivity index (χ0) is 16.1. The zero-order valence-electron chi connectivity index (χ0n) is 12.3. The Labute approximate surface area is 125 Å². The minimum atomic E-state index is -0.531. The molecule has 2 aromatic rings. The number of nitrogens with zero attached hydrogens (tertiary/aromatic N) is 4. The lowest BCUT2D eigenvalue weighted by Crippen LogP contribution is -2.26. The molecule has 0 aromatic carbocycles. The Kier molecular flexibility index (Phi) is 4.87. The van der Waals surface area contributed by atoms with Gasteiger partial charge in [-0.05, 0) is 13.8 Å². The highest BCUT2D eigenvalue weighted by Gasteiger charge is 2.14. The molecule has 0 fully saturated rings. The lowest BCUT2D eigenvalue weighted by molar-refractivity contribution is -0.144. The molecule has 0 aliphatic heterocycles. The van der Waals surface area contributed by atoms with Crippen LogP contribution >= 0.6 is 0 Å². The van der Waals surface area contributed by atoms with Crippen LogP contribution in [-0.4, -0.2) is 44.3 Å². The second-order valence-corrected chi connectivity index (χ2v) is 4.33. The van der Waals surface area contributed by atoms with Crippen molar-refractivity contribution in [2.24, 2.45) is 0 Å². The first-order chi connectivity index (χ1) is 10.6. The summed E-state index contributed by atoms with van der Waals surface area (Å²) in [4.78, 5) is 43.2. The smallest absolute Gasteiger partial charge is 0.326 e. The quantitative estimate of drug-likeness (QED) is 0.676. The maximum absolute atomic E-state index is 12.2. The molecule has 0 spiro atoms. The van der Waals surface area contributed by atoms with Crippen LogP contribution in [0.3, 0.4) is 0 Å². The standard InChI is InChI=1S/C13H16N4O5/c1-3-21-9(18)5-16-7-14-11-12(16)15-8-17(13(11)20)6-10(19)22-4-2/h7-8H,3-6H2,1-2H3. The molecule has 0 unspecified atom stereocenters. The van der Waals surface area contributed by atoms with Crippen molar-refractivity contribution in [3.05, 3.63) is 23.0 Å². The summed E-state index contributed by atoms with van der Waals surface area (Å²) in [7, 11) is 0. The Hall–Kier alpha value is -2.71. The number of hydrogen-bond acceptors (Lipinski definition) is 7. The van der Waals surface area contributed by atoms with Crippen molar-refractivity contribution >= 4 is 23.1 Å². The van der Waals surface area contributed by atoms with Crippen LogP contribution in [0.5, 0.6) is 0 Å². The van der Waals surface area contributed by atoms with E-state index in [1.54, 1.807) is 13.8 Å². The molecular formula is C13H16N4O5. The van der Waals surface area contributed by atoms with Gasteiger partial charge in [0.15, 0.2) is 11.2 Å². The topological polar surface area (TPSA) is 105 Å². The van der Waals surface area contributed by atoms with E-state index in [9.17, 15) is 14.4 Å². The summed E-state index contributed by atoms with van der Waals surface area (Å²) in [6.45, 7) is 3.57. The van der Waals surface area contributed by atoms with Crippen LogP contribution in [-0.2, 0) is 32.2 Å². The van der Waals surface area contributed by atoms with Crippen LogP contribution in [0.25, 0.3) is 11.2 Å². The Balaban J connectivity index is 2.28. The second kappa shape index (κ2) is 6.83. The third-order valence-electron chi connectivity index (χ3n) is 2.80. The van der Waals surface area contributed by atoms with Gasteiger partial charge in [0.05, 0.1) is 19.5 Å². The number of fused-ring (bicyclic) bond motifs is 1. The molecule has 0 amide bonds. The van der Waals surface area contributed by atoms with E-state index in [4.69, 9.17) is 9.47 Å². The summed E-state index contributed by atoms with van der Waals surface area (Å²) < 4.78 is 12.2. The highest BCUT2D eigenvalue weighted by atomic mass is 16.5. The van der Waals surface area contributed by atoms with Crippen LogP contribution in [0.1, 0.15) is 13.8 Å². The number of carbonyl (C=O) groups is 2. The number of esters is 2. The molecule has 0 aliphatic carbocycles. The number of rotatable bonds is 6. The molecule has 22 heavy (non-hydrogen) atoms. The zero-order valence-corrected chi connectivity index (χ0v) is 12.3.